The maximum Gasteiger partial charge on any atom is 0.226 e. The third kappa shape index (κ3) is 2.29. The zero-order chi connectivity index (χ0) is 14.0. The smallest absolute Gasteiger partial charge is 0.226 e. The Kier molecular flexibility index (Phi) is 3.98. The Hall–Kier alpha value is -1.31. The first-order valence-corrected chi connectivity index (χ1v) is 7.44. The number of nitrogens with zero attached hydrogens (tertiary/aromatic N) is 1. The zero-order valence-electron chi connectivity index (χ0n) is 12.6. The molecule has 1 aliphatic rings. The fourth-order valence-corrected chi connectivity index (χ4v) is 3.36. The lowest BCUT2D eigenvalue weighted by molar-refractivity contribution is -0.118. The summed E-state index contributed by atoms with van der Waals surface area (Å²) in [6.07, 6.45) is 2.93. The van der Waals surface area contributed by atoms with Crippen molar-refractivity contribution in [3.63, 3.8) is 0 Å². The van der Waals surface area contributed by atoms with Crippen LogP contribution >= 0.6 is 0 Å². The van der Waals surface area contributed by atoms with E-state index in [-0.39, 0.29) is 11.3 Å². The van der Waals surface area contributed by atoms with Gasteiger partial charge in [0.2, 0.25) is 5.91 Å². The van der Waals surface area contributed by atoms with Crippen molar-refractivity contribution in [3.8, 4) is 0 Å². The first-order chi connectivity index (χ1) is 9.04. The summed E-state index contributed by atoms with van der Waals surface area (Å²) in [5.41, 5.74) is 2.66. The second-order valence-corrected chi connectivity index (χ2v) is 5.94. The van der Waals surface area contributed by atoms with Crippen LogP contribution in [0.15, 0.2) is 24.3 Å². The molecule has 1 aromatic carbocycles. The molecule has 0 saturated carbocycles. The molecule has 1 aliphatic heterocycles. The van der Waals surface area contributed by atoms with E-state index in [4.69, 9.17) is 0 Å². The van der Waals surface area contributed by atoms with Gasteiger partial charge in [0.1, 0.15) is 0 Å². The lowest BCUT2D eigenvalue weighted by atomic mass is 9.66. The Morgan fingerprint density at radius 1 is 1.37 bits per heavy atom. The van der Waals surface area contributed by atoms with Gasteiger partial charge in [-0.1, -0.05) is 52.3 Å². The van der Waals surface area contributed by atoms with Gasteiger partial charge in [-0.15, -0.1) is 0 Å². The fraction of sp³-hybridized carbons (Fsp3) is 0.588. The predicted molar refractivity (Wildman–Crippen MR) is 80.5 cm³/mol. The molecule has 2 unspecified atom stereocenters. The third-order valence-electron chi connectivity index (χ3n) is 4.73. The number of rotatable bonds is 3. The summed E-state index contributed by atoms with van der Waals surface area (Å²) < 4.78 is 0. The van der Waals surface area contributed by atoms with Crippen LogP contribution in [0.1, 0.15) is 52.5 Å². The summed E-state index contributed by atoms with van der Waals surface area (Å²) in [7, 11) is 0. The largest absolute Gasteiger partial charge is 0.312 e. The minimum Gasteiger partial charge on any atom is -0.312 e. The molecule has 2 atom stereocenters. The first kappa shape index (κ1) is 14.1. The Labute approximate surface area is 116 Å². The average Bonchev–Trinajstić information content (AvgIpc) is 2.43. The summed E-state index contributed by atoms with van der Waals surface area (Å²) in [5.74, 6) is 0.732. The second-order valence-electron chi connectivity index (χ2n) is 5.94. The van der Waals surface area contributed by atoms with Gasteiger partial charge in [-0.2, -0.15) is 0 Å². The Morgan fingerprint density at radius 2 is 2.05 bits per heavy atom. The van der Waals surface area contributed by atoms with Crippen LogP contribution in [0.4, 0.5) is 5.69 Å². The van der Waals surface area contributed by atoms with Crippen LogP contribution in [0, 0.1) is 5.92 Å². The molecule has 1 aromatic rings. The highest BCUT2D eigenvalue weighted by atomic mass is 16.2. The van der Waals surface area contributed by atoms with Crippen molar-refractivity contribution in [2.45, 2.75) is 52.4 Å². The molecule has 1 heterocycles. The van der Waals surface area contributed by atoms with E-state index in [0.29, 0.717) is 12.3 Å². The van der Waals surface area contributed by atoms with Crippen molar-refractivity contribution in [3.05, 3.63) is 29.8 Å². The number of amides is 1. The summed E-state index contributed by atoms with van der Waals surface area (Å²) in [4.78, 5) is 14.2. The molecule has 2 rings (SSSR count). The van der Waals surface area contributed by atoms with Gasteiger partial charge in [0.15, 0.2) is 0 Å². The highest BCUT2D eigenvalue weighted by molar-refractivity contribution is 5.94. The van der Waals surface area contributed by atoms with Gasteiger partial charge in [0, 0.05) is 18.7 Å². The third-order valence-corrected chi connectivity index (χ3v) is 4.73. The minimum atomic E-state index is 0.190. The first-order valence-electron chi connectivity index (χ1n) is 7.44. The van der Waals surface area contributed by atoms with E-state index >= 15 is 0 Å². The van der Waals surface area contributed by atoms with Crippen LogP contribution < -0.4 is 4.90 Å². The molecule has 0 N–H and O–H groups in total. The molecule has 0 bridgehead atoms. The quantitative estimate of drug-likeness (QED) is 0.799. The molecule has 0 aromatic heterocycles. The van der Waals surface area contributed by atoms with E-state index in [1.165, 1.54) is 18.4 Å². The molecule has 2 nitrogen and oxygen atoms in total. The zero-order valence-corrected chi connectivity index (χ0v) is 12.6. The molecule has 0 fully saturated rings. The number of hydrogen-bond acceptors (Lipinski definition) is 1. The molecule has 2 heteroatoms. The fourth-order valence-electron chi connectivity index (χ4n) is 3.36. The van der Waals surface area contributed by atoms with Crippen molar-refractivity contribution >= 4 is 11.6 Å². The number of para-hydroxylation sites is 1. The average molecular weight is 259 g/mol. The van der Waals surface area contributed by atoms with E-state index in [1.807, 2.05) is 17.9 Å². The Balaban J connectivity index is 2.51. The Bertz CT molecular complexity index is 468. The molecular formula is C17H25NO. The minimum absolute atomic E-state index is 0.190. The van der Waals surface area contributed by atoms with Gasteiger partial charge in [-0.05, 0) is 29.4 Å². The van der Waals surface area contributed by atoms with Gasteiger partial charge >= 0.3 is 0 Å². The van der Waals surface area contributed by atoms with E-state index < -0.39 is 0 Å². The van der Waals surface area contributed by atoms with Crippen LogP contribution in [-0.2, 0) is 10.2 Å². The van der Waals surface area contributed by atoms with Crippen molar-refractivity contribution in [2.24, 2.45) is 5.92 Å². The van der Waals surface area contributed by atoms with Crippen molar-refractivity contribution < 1.29 is 4.79 Å². The summed E-state index contributed by atoms with van der Waals surface area (Å²) in [6.45, 7) is 9.66. The molecule has 0 spiro atoms. The van der Waals surface area contributed by atoms with Crippen LogP contribution in [-0.4, -0.2) is 12.5 Å². The van der Waals surface area contributed by atoms with Crippen LogP contribution in [0.25, 0.3) is 0 Å². The molecule has 19 heavy (non-hydrogen) atoms. The van der Waals surface area contributed by atoms with Crippen LogP contribution in [0.2, 0.25) is 0 Å². The Morgan fingerprint density at radius 3 is 2.68 bits per heavy atom. The lowest BCUT2D eigenvalue weighted by Gasteiger charge is -2.46. The number of fused-ring (bicyclic) bond motifs is 1. The highest BCUT2D eigenvalue weighted by Gasteiger charge is 2.40. The molecule has 0 radical (unpaired) electrons. The summed E-state index contributed by atoms with van der Waals surface area (Å²) >= 11 is 0. The molecule has 104 valence electrons. The van der Waals surface area contributed by atoms with Crippen molar-refractivity contribution in [2.75, 3.05) is 11.4 Å². The highest BCUT2D eigenvalue weighted by Crippen LogP contribution is 2.45. The number of carbonyl (C=O) groups excluding carboxylic acids is 1. The normalized spacial score (nSPS) is 26.1. The van der Waals surface area contributed by atoms with Gasteiger partial charge in [-0.25, -0.2) is 0 Å². The van der Waals surface area contributed by atoms with Crippen molar-refractivity contribution in [1.82, 2.24) is 0 Å². The predicted octanol–water partition coefficient (Wildman–Crippen LogP) is 4.14. The summed E-state index contributed by atoms with van der Waals surface area (Å²) in [6, 6.07) is 8.44. The molecular weight excluding hydrogens is 234 g/mol. The standard InChI is InChI=1S/C17H25NO/c1-5-11-17(4)13(3)12-18(16(19)6-2)15-10-8-7-9-14(15)17/h7-10,13H,5-6,11-12H2,1-4H3. The van der Waals surface area contributed by atoms with E-state index in [1.54, 1.807) is 0 Å². The summed E-state index contributed by atoms with van der Waals surface area (Å²) in [5, 5.41) is 0. The number of anilines is 1. The van der Waals surface area contributed by atoms with E-state index in [2.05, 4.69) is 39.0 Å². The van der Waals surface area contributed by atoms with Gasteiger partial charge in [0.05, 0.1) is 0 Å². The maximum atomic E-state index is 12.2. The van der Waals surface area contributed by atoms with Gasteiger partial charge in [-0.3, -0.25) is 4.79 Å². The molecule has 1 amide bonds. The second kappa shape index (κ2) is 5.36. The molecule has 0 saturated heterocycles. The topological polar surface area (TPSA) is 20.3 Å². The maximum absolute atomic E-state index is 12.2. The molecule has 0 aliphatic carbocycles. The van der Waals surface area contributed by atoms with Crippen LogP contribution in [0.5, 0.6) is 0 Å². The van der Waals surface area contributed by atoms with Gasteiger partial charge in [0.25, 0.3) is 0 Å². The van der Waals surface area contributed by atoms with Crippen molar-refractivity contribution in [1.29, 1.82) is 0 Å². The van der Waals surface area contributed by atoms with Gasteiger partial charge < -0.3 is 4.90 Å². The van der Waals surface area contributed by atoms with E-state index in [9.17, 15) is 4.79 Å². The van der Waals surface area contributed by atoms with Crippen LogP contribution in [0.3, 0.4) is 0 Å². The monoisotopic (exact) mass is 259 g/mol. The number of hydrogen-bond donors (Lipinski definition) is 0. The number of carbonyl (C=O) groups is 1. The SMILES string of the molecule is CCCC1(C)c2ccccc2N(C(=O)CC)CC1C. The lowest BCUT2D eigenvalue weighted by Crippen LogP contribution is -2.47. The van der Waals surface area contributed by atoms with E-state index in [0.717, 1.165) is 12.2 Å². The number of benzene rings is 1.